The minimum Gasteiger partial charge on any atom is -0.454 e. The zero-order valence-electron chi connectivity index (χ0n) is 37.1. The van der Waals surface area contributed by atoms with Crippen LogP contribution in [-0.4, -0.2) is 74.0 Å². The maximum absolute atomic E-state index is 13.8. The quantitative estimate of drug-likeness (QED) is 0.0119. The highest BCUT2D eigenvalue weighted by Crippen LogP contribution is 2.37. The van der Waals surface area contributed by atoms with E-state index in [1.54, 1.807) is 97.1 Å². The molecule has 2 aliphatic rings. The molecule has 0 amide bonds. The lowest BCUT2D eigenvalue weighted by Crippen LogP contribution is -2.64. The van der Waals surface area contributed by atoms with Crippen molar-refractivity contribution in [1.29, 1.82) is 0 Å². The van der Waals surface area contributed by atoms with Crippen LogP contribution in [0.1, 0.15) is 127 Å². The van der Waals surface area contributed by atoms with Crippen LogP contribution >= 0.6 is 0 Å². The molecule has 6 rings (SSSR count). The van der Waals surface area contributed by atoms with Crippen LogP contribution in [0.25, 0.3) is 10.4 Å². The van der Waals surface area contributed by atoms with E-state index in [1.165, 1.54) is 51.4 Å². The van der Waals surface area contributed by atoms with E-state index in [9.17, 15) is 19.9 Å². The maximum Gasteiger partial charge on any atom is 0.338 e. The number of rotatable bonds is 25. The van der Waals surface area contributed by atoms with Crippen molar-refractivity contribution in [2.45, 2.75) is 133 Å². The molecule has 13 heteroatoms. The van der Waals surface area contributed by atoms with Crippen LogP contribution in [0.15, 0.2) is 139 Å². The lowest BCUT2D eigenvalue weighted by molar-refractivity contribution is -0.360. The van der Waals surface area contributed by atoms with Gasteiger partial charge in [0.05, 0.1) is 29.9 Å². The Kier molecular flexibility index (Phi) is 20.1. The number of esters is 3. The van der Waals surface area contributed by atoms with Crippen LogP contribution in [-0.2, 0) is 33.2 Å². The molecule has 4 aromatic carbocycles. The molecule has 13 nitrogen and oxygen atoms in total. The maximum atomic E-state index is 13.8. The first-order valence-corrected chi connectivity index (χ1v) is 23.0. The number of fused-ring (bicyclic) bond motifs is 1. The van der Waals surface area contributed by atoms with Gasteiger partial charge in [0.15, 0.2) is 24.8 Å². The Balaban J connectivity index is 1.21. The van der Waals surface area contributed by atoms with Crippen LogP contribution in [0.4, 0.5) is 0 Å². The molecular weight excluding hydrogens is 827 g/mol. The third-order valence-electron chi connectivity index (χ3n) is 11.4. The summed E-state index contributed by atoms with van der Waals surface area (Å²) in [6, 6.07) is 33.5. The number of carbonyl (C=O) groups is 3. The molecule has 0 saturated carbocycles. The van der Waals surface area contributed by atoms with Gasteiger partial charge in [-0.3, -0.25) is 0 Å². The lowest BCUT2D eigenvalue weighted by atomic mass is 9.96. The summed E-state index contributed by atoms with van der Waals surface area (Å²) >= 11 is 0. The average molecular weight is 888 g/mol. The van der Waals surface area contributed by atoms with Crippen molar-refractivity contribution in [2.24, 2.45) is 5.11 Å². The molecule has 2 heterocycles. The lowest BCUT2D eigenvalue weighted by Gasteiger charge is -2.48. The fraction of sp³-hybridized carbons (Fsp3) is 0.442. The summed E-state index contributed by atoms with van der Waals surface area (Å²) in [6.07, 6.45) is 9.95. The first-order chi connectivity index (χ1) is 31.9. The second-order valence-corrected chi connectivity index (χ2v) is 16.3. The Morgan fingerprint density at radius 2 is 1.18 bits per heavy atom. The number of benzene rings is 4. The number of carbonyl (C=O) groups excluding carboxylic acids is 3. The van der Waals surface area contributed by atoms with E-state index in [0.717, 1.165) is 31.2 Å². The van der Waals surface area contributed by atoms with E-state index >= 15 is 0 Å². The van der Waals surface area contributed by atoms with Gasteiger partial charge in [-0.2, -0.15) is 0 Å². The molecule has 0 bridgehead atoms. The SMILES string of the molecule is CCCCCCCCCCCCC/C=C/[C@@H](OC(=O)c1ccccc1)[C@H](CO[C@@H]1O[C@@H]2CO[C@H](c3ccccc3)O[C@@H]2[C@H](OC(=O)c2ccccc2)[C@H]1OC(=O)c1ccccc1)N=[N+]=[N-]. The summed E-state index contributed by atoms with van der Waals surface area (Å²) in [6.45, 7) is 1.88. The van der Waals surface area contributed by atoms with Gasteiger partial charge in [-0.1, -0.05) is 167 Å². The van der Waals surface area contributed by atoms with E-state index in [4.69, 9.17) is 33.2 Å². The zero-order valence-corrected chi connectivity index (χ0v) is 37.1. The van der Waals surface area contributed by atoms with Crippen molar-refractivity contribution in [3.8, 4) is 0 Å². The zero-order chi connectivity index (χ0) is 45.5. The standard InChI is InChI=1S/C52H61N3O10/c1-2-3-4-5-6-7-8-9-10-11-12-13-26-35-43(61-48(56)38-27-18-14-19-28-38)42(54-55-53)36-59-52-47(64-50(58)40-31-22-16-23-32-40)46(63-49(57)39-29-20-15-21-30-39)45-44(62-52)37-60-51(65-45)41-33-24-17-25-34-41/h14-35,42-47,51-52H,2-13,36-37H2,1H3/b35-26+/t42-,43+,44+,45-,46-,47+,51-,52+/m0/s1. The van der Waals surface area contributed by atoms with Gasteiger partial charge in [-0.15, -0.1) is 0 Å². The molecule has 0 aromatic heterocycles. The molecule has 8 atom stereocenters. The van der Waals surface area contributed by atoms with Gasteiger partial charge in [-0.25, -0.2) is 14.4 Å². The number of unbranched alkanes of at least 4 members (excludes halogenated alkanes) is 11. The number of allylic oxidation sites excluding steroid dienone is 1. The third kappa shape index (κ3) is 15.1. The Hall–Kier alpha value is -5.82. The summed E-state index contributed by atoms with van der Waals surface area (Å²) in [5.41, 5.74) is 11.4. The topological polar surface area (TPSA) is 165 Å². The Morgan fingerprint density at radius 1 is 0.677 bits per heavy atom. The summed E-state index contributed by atoms with van der Waals surface area (Å²) in [7, 11) is 0. The highest BCUT2D eigenvalue weighted by atomic mass is 16.8. The highest BCUT2D eigenvalue weighted by molar-refractivity contribution is 5.90. The van der Waals surface area contributed by atoms with Crippen molar-refractivity contribution in [3.63, 3.8) is 0 Å². The van der Waals surface area contributed by atoms with E-state index in [0.29, 0.717) is 5.56 Å². The normalized spacial score (nSPS) is 21.3. The van der Waals surface area contributed by atoms with Crippen molar-refractivity contribution in [2.75, 3.05) is 13.2 Å². The number of hydrogen-bond donors (Lipinski definition) is 0. The van der Waals surface area contributed by atoms with E-state index in [-0.39, 0.29) is 24.3 Å². The third-order valence-corrected chi connectivity index (χ3v) is 11.4. The summed E-state index contributed by atoms with van der Waals surface area (Å²) in [5, 5.41) is 4.03. The summed E-state index contributed by atoms with van der Waals surface area (Å²) < 4.78 is 43.9. The number of azide groups is 1. The summed E-state index contributed by atoms with van der Waals surface area (Å²) in [4.78, 5) is 44.2. The first kappa shape index (κ1) is 48.6. The van der Waals surface area contributed by atoms with Crippen LogP contribution in [0.5, 0.6) is 0 Å². The molecule has 4 aromatic rings. The van der Waals surface area contributed by atoms with Crippen LogP contribution < -0.4 is 0 Å². The van der Waals surface area contributed by atoms with Crippen molar-refractivity contribution in [3.05, 3.63) is 166 Å². The van der Waals surface area contributed by atoms with Gasteiger partial charge in [0, 0.05) is 10.5 Å². The molecule has 0 unspecified atom stereocenters. The summed E-state index contributed by atoms with van der Waals surface area (Å²) in [5.74, 6) is -2.04. The van der Waals surface area contributed by atoms with Crippen molar-refractivity contribution in [1.82, 2.24) is 0 Å². The molecule has 0 spiro atoms. The largest absolute Gasteiger partial charge is 0.454 e. The monoisotopic (exact) mass is 887 g/mol. The molecule has 65 heavy (non-hydrogen) atoms. The molecule has 2 fully saturated rings. The van der Waals surface area contributed by atoms with Gasteiger partial charge < -0.3 is 33.2 Å². The second kappa shape index (κ2) is 26.8. The minimum absolute atomic E-state index is 0.00169. The molecule has 2 saturated heterocycles. The van der Waals surface area contributed by atoms with Crippen LogP contribution in [0, 0.1) is 0 Å². The number of ether oxygens (including phenoxy) is 7. The highest BCUT2D eigenvalue weighted by Gasteiger charge is 2.54. The van der Waals surface area contributed by atoms with Crippen molar-refractivity contribution < 1.29 is 47.5 Å². The van der Waals surface area contributed by atoms with E-state index in [1.807, 2.05) is 36.4 Å². The molecule has 0 N–H and O–H groups in total. The number of hydrogen-bond acceptors (Lipinski definition) is 11. The Bertz CT molecular complexity index is 2100. The van der Waals surface area contributed by atoms with Crippen LogP contribution in [0.3, 0.4) is 0 Å². The molecular formula is C52H61N3O10. The molecule has 0 radical (unpaired) electrons. The second-order valence-electron chi connectivity index (χ2n) is 16.3. The molecule has 0 aliphatic carbocycles. The first-order valence-electron chi connectivity index (χ1n) is 23.0. The fourth-order valence-corrected chi connectivity index (χ4v) is 7.87. The van der Waals surface area contributed by atoms with Gasteiger partial charge in [0.25, 0.3) is 0 Å². The average Bonchev–Trinajstić information content (AvgIpc) is 3.35. The Morgan fingerprint density at radius 3 is 1.74 bits per heavy atom. The Labute approximate surface area is 382 Å². The predicted octanol–water partition coefficient (Wildman–Crippen LogP) is 11.5. The molecule has 2 aliphatic heterocycles. The van der Waals surface area contributed by atoms with Crippen molar-refractivity contribution >= 4 is 17.9 Å². The van der Waals surface area contributed by atoms with Gasteiger partial charge in [0.1, 0.15) is 24.4 Å². The van der Waals surface area contributed by atoms with E-state index < -0.39 is 67.0 Å². The van der Waals surface area contributed by atoms with Gasteiger partial charge >= 0.3 is 17.9 Å². The predicted molar refractivity (Wildman–Crippen MR) is 245 cm³/mol. The molecule has 344 valence electrons. The van der Waals surface area contributed by atoms with E-state index in [2.05, 4.69) is 16.9 Å². The minimum atomic E-state index is -1.40. The van der Waals surface area contributed by atoms with Gasteiger partial charge in [-0.05, 0) is 60.8 Å². The van der Waals surface area contributed by atoms with Crippen LogP contribution in [0.2, 0.25) is 0 Å². The smallest absolute Gasteiger partial charge is 0.338 e. The van der Waals surface area contributed by atoms with Gasteiger partial charge in [0.2, 0.25) is 0 Å². The number of nitrogens with zero attached hydrogens (tertiary/aromatic N) is 3. The fourth-order valence-electron chi connectivity index (χ4n) is 7.87.